The van der Waals surface area contributed by atoms with Gasteiger partial charge in [0.15, 0.2) is 0 Å². The zero-order valence-corrected chi connectivity index (χ0v) is 12.3. The topological polar surface area (TPSA) is 8.17 Å². The average Bonchev–Trinajstić information content (AvgIpc) is 2.70. The van der Waals surface area contributed by atoms with Crippen molar-refractivity contribution in [2.45, 2.75) is 0 Å². The third kappa shape index (κ3) is 2.25. The van der Waals surface area contributed by atoms with E-state index in [1.165, 1.54) is 24.3 Å². The molecule has 21 heavy (non-hydrogen) atoms. The van der Waals surface area contributed by atoms with E-state index in [1.54, 1.807) is 22.8 Å². The van der Waals surface area contributed by atoms with Crippen LogP contribution in [0.15, 0.2) is 42.5 Å². The van der Waals surface area contributed by atoms with Crippen molar-refractivity contribution in [3.8, 4) is 0 Å². The van der Waals surface area contributed by atoms with Gasteiger partial charge in [-0.25, -0.2) is 8.78 Å². The van der Waals surface area contributed by atoms with Gasteiger partial charge < -0.3 is 9.47 Å². The Balaban J connectivity index is 2.21. The normalized spacial score (nSPS) is 11.1. The van der Waals surface area contributed by atoms with E-state index in [0.717, 1.165) is 11.2 Å². The quantitative estimate of drug-likeness (QED) is 0.655. The molecule has 2 aromatic carbocycles. The summed E-state index contributed by atoms with van der Waals surface area (Å²) in [5.74, 6) is -0.624. The predicted octanol–water partition coefficient (Wildman–Crippen LogP) is 4.88. The van der Waals surface area contributed by atoms with Gasteiger partial charge in [-0.1, -0.05) is 11.6 Å². The third-order valence-electron chi connectivity index (χ3n) is 3.61. The fraction of sp³-hybridized carbons (Fsp3) is 0.125. The number of anilines is 2. The Morgan fingerprint density at radius 3 is 2.29 bits per heavy atom. The predicted molar refractivity (Wildman–Crippen MR) is 82.4 cm³/mol. The molecule has 108 valence electrons. The van der Waals surface area contributed by atoms with Crippen LogP contribution in [0.25, 0.3) is 10.9 Å². The lowest BCUT2D eigenvalue weighted by molar-refractivity contribution is 0.628. The highest BCUT2D eigenvalue weighted by Gasteiger charge is 2.18. The maximum absolute atomic E-state index is 13.6. The Hall–Kier alpha value is -2.07. The van der Waals surface area contributed by atoms with Crippen molar-refractivity contribution in [3.63, 3.8) is 0 Å². The zero-order chi connectivity index (χ0) is 15.1. The van der Waals surface area contributed by atoms with Gasteiger partial charge in [-0.2, -0.15) is 0 Å². The van der Waals surface area contributed by atoms with Gasteiger partial charge in [0.25, 0.3) is 0 Å². The number of benzene rings is 2. The molecule has 0 atom stereocenters. The van der Waals surface area contributed by atoms with Gasteiger partial charge in [-0.05, 0) is 42.5 Å². The van der Waals surface area contributed by atoms with Crippen molar-refractivity contribution >= 4 is 33.9 Å². The molecule has 0 aliphatic heterocycles. The second kappa shape index (κ2) is 5.04. The van der Waals surface area contributed by atoms with Crippen molar-refractivity contribution < 1.29 is 8.78 Å². The molecule has 0 bridgehead atoms. The first-order valence-electron chi connectivity index (χ1n) is 6.42. The number of aromatic nitrogens is 1. The smallest absolute Gasteiger partial charge is 0.133 e. The van der Waals surface area contributed by atoms with Crippen LogP contribution in [0.3, 0.4) is 0 Å². The Kier molecular flexibility index (Phi) is 3.33. The maximum atomic E-state index is 13.6. The highest BCUT2D eigenvalue weighted by Crippen LogP contribution is 2.39. The molecular weight excluding hydrogens is 294 g/mol. The number of hydrogen-bond acceptors (Lipinski definition) is 1. The van der Waals surface area contributed by atoms with Crippen LogP contribution in [0.5, 0.6) is 0 Å². The van der Waals surface area contributed by atoms with Crippen molar-refractivity contribution in [3.05, 3.63) is 59.3 Å². The van der Waals surface area contributed by atoms with Crippen molar-refractivity contribution in [2.75, 3.05) is 11.9 Å². The number of rotatable bonds is 2. The lowest BCUT2D eigenvalue weighted by Gasteiger charge is -2.19. The number of aryl methyl sites for hydroxylation is 1. The van der Waals surface area contributed by atoms with Crippen LogP contribution < -0.4 is 4.90 Å². The molecule has 0 fully saturated rings. The molecule has 0 saturated carbocycles. The summed E-state index contributed by atoms with van der Waals surface area (Å²) < 4.78 is 28.4. The van der Waals surface area contributed by atoms with Gasteiger partial charge in [0.2, 0.25) is 0 Å². The van der Waals surface area contributed by atoms with E-state index in [0.29, 0.717) is 16.2 Å². The van der Waals surface area contributed by atoms with Crippen molar-refractivity contribution in [1.29, 1.82) is 0 Å². The van der Waals surface area contributed by atoms with Gasteiger partial charge >= 0.3 is 0 Å². The summed E-state index contributed by atoms with van der Waals surface area (Å²) >= 11 is 6.39. The highest BCUT2D eigenvalue weighted by atomic mass is 35.5. The molecule has 1 heterocycles. The third-order valence-corrected chi connectivity index (χ3v) is 4.05. The summed E-state index contributed by atoms with van der Waals surface area (Å²) in [6.45, 7) is 0. The summed E-state index contributed by atoms with van der Waals surface area (Å²) in [5, 5.41) is 1.22. The van der Waals surface area contributed by atoms with E-state index in [1.807, 2.05) is 19.0 Å². The van der Waals surface area contributed by atoms with E-state index < -0.39 is 0 Å². The monoisotopic (exact) mass is 306 g/mol. The second-order valence-electron chi connectivity index (χ2n) is 4.90. The number of halogens is 3. The number of fused-ring (bicyclic) bond motifs is 1. The largest absolute Gasteiger partial charge is 0.342 e. The standard InChI is InChI=1S/C16H13ClF2N2/c1-20(12-6-3-10(18)4-7-12)15-13-9-11(19)5-8-14(13)21(2)16(15)17/h3-9H,1-2H3. The summed E-state index contributed by atoms with van der Waals surface area (Å²) in [6, 6.07) is 10.6. The summed E-state index contributed by atoms with van der Waals surface area (Å²) in [5.41, 5.74) is 2.31. The minimum Gasteiger partial charge on any atom is -0.342 e. The van der Waals surface area contributed by atoms with E-state index in [2.05, 4.69) is 0 Å². The van der Waals surface area contributed by atoms with Crippen LogP contribution in [0, 0.1) is 11.6 Å². The van der Waals surface area contributed by atoms with Gasteiger partial charge in [0.1, 0.15) is 16.8 Å². The fourth-order valence-corrected chi connectivity index (χ4v) is 2.80. The lowest BCUT2D eigenvalue weighted by atomic mass is 10.2. The molecule has 0 aliphatic carbocycles. The molecule has 0 spiro atoms. The number of nitrogens with zero attached hydrogens (tertiary/aromatic N) is 2. The Morgan fingerprint density at radius 1 is 1.00 bits per heavy atom. The van der Waals surface area contributed by atoms with Gasteiger partial charge in [0, 0.05) is 25.2 Å². The van der Waals surface area contributed by atoms with Crippen molar-refractivity contribution in [2.24, 2.45) is 7.05 Å². The molecule has 3 aromatic rings. The molecule has 0 unspecified atom stereocenters. The van der Waals surface area contributed by atoms with E-state index >= 15 is 0 Å². The van der Waals surface area contributed by atoms with E-state index in [4.69, 9.17) is 11.6 Å². The molecule has 3 rings (SSSR count). The maximum Gasteiger partial charge on any atom is 0.133 e. The molecule has 0 amide bonds. The number of hydrogen-bond donors (Lipinski definition) is 0. The van der Waals surface area contributed by atoms with Crippen LogP contribution in [0.1, 0.15) is 0 Å². The average molecular weight is 307 g/mol. The van der Waals surface area contributed by atoms with Crippen LogP contribution in [-0.4, -0.2) is 11.6 Å². The molecule has 0 aliphatic rings. The first kappa shape index (κ1) is 13.9. The van der Waals surface area contributed by atoms with E-state index in [9.17, 15) is 8.78 Å². The van der Waals surface area contributed by atoms with Crippen LogP contribution in [-0.2, 0) is 7.05 Å². The first-order chi connectivity index (χ1) is 9.99. The molecule has 5 heteroatoms. The molecule has 0 N–H and O–H groups in total. The highest BCUT2D eigenvalue weighted by molar-refractivity contribution is 6.35. The summed E-state index contributed by atoms with van der Waals surface area (Å²) in [7, 11) is 3.64. The van der Waals surface area contributed by atoms with Crippen LogP contribution in [0.2, 0.25) is 5.15 Å². The fourth-order valence-electron chi connectivity index (χ4n) is 2.48. The van der Waals surface area contributed by atoms with Gasteiger partial charge in [-0.15, -0.1) is 0 Å². The molecule has 0 radical (unpaired) electrons. The zero-order valence-electron chi connectivity index (χ0n) is 11.6. The van der Waals surface area contributed by atoms with Crippen LogP contribution >= 0.6 is 11.6 Å². The van der Waals surface area contributed by atoms with Gasteiger partial charge in [-0.3, -0.25) is 0 Å². The molecule has 0 saturated heterocycles. The van der Waals surface area contributed by atoms with Crippen LogP contribution in [0.4, 0.5) is 20.2 Å². The van der Waals surface area contributed by atoms with E-state index in [-0.39, 0.29) is 11.6 Å². The molecular formula is C16H13ClF2N2. The Labute approximate surface area is 126 Å². The van der Waals surface area contributed by atoms with Gasteiger partial charge in [0.05, 0.1) is 11.2 Å². The minimum atomic E-state index is -0.321. The second-order valence-corrected chi connectivity index (χ2v) is 5.25. The molecule has 2 nitrogen and oxygen atoms in total. The first-order valence-corrected chi connectivity index (χ1v) is 6.79. The Bertz CT molecular complexity index is 809. The van der Waals surface area contributed by atoms with Crippen molar-refractivity contribution in [1.82, 2.24) is 4.57 Å². The molecule has 1 aromatic heterocycles. The minimum absolute atomic E-state index is 0.304. The summed E-state index contributed by atoms with van der Waals surface area (Å²) in [6.07, 6.45) is 0. The Morgan fingerprint density at radius 2 is 1.62 bits per heavy atom. The summed E-state index contributed by atoms with van der Waals surface area (Å²) in [4.78, 5) is 1.82. The lowest BCUT2D eigenvalue weighted by Crippen LogP contribution is -2.09. The SMILES string of the molecule is CN(c1ccc(F)cc1)c1c(Cl)n(C)c2ccc(F)cc12.